The lowest BCUT2D eigenvalue weighted by Gasteiger charge is -2.30. The van der Waals surface area contributed by atoms with E-state index in [1.807, 2.05) is 79.9 Å². The minimum atomic E-state index is -4.16. The van der Waals surface area contributed by atoms with Gasteiger partial charge < -0.3 is 55.5 Å². The number of anilines is 1. The summed E-state index contributed by atoms with van der Waals surface area (Å²) in [6.07, 6.45) is 2.69. The number of carbonyl (C=O) groups is 3. The number of rotatable bonds is 22. The average molecular weight is 1010 g/mol. The summed E-state index contributed by atoms with van der Waals surface area (Å²) in [5, 5.41) is 23.5. The maximum Gasteiger partial charge on any atom is 0.407 e. The number of hydrogen-bond acceptors (Lipinski definition) is 15. The molecule has 0 spiro atoms. The molecule has 0 saturated carbocycles. The fourth-order valence-corrected chi connectivity index (χ4v) is 8.75. The lowest BCUT2D eigenvalue weighted by Crippen LogP contribution is -2.55. The van der Waals surface area contributed by atoms with E-state index in [0.717, 1.165) is 26.7 Å². The lowest BCUT2D eigenvalue weighted by molar-refractivity contribution is -0.124. The molecule has 0 radical (unpaired) electrons. The van der Waals surface area contributed by atoms with Crippen LogP contribution in [-0.4, -0.2) is 111 Å². The molecule has 0 unspecified atom stereocenters. The zero-order valence-electron chi connectivity index (χ0n) is 39.4. The number of alkyl carbamates (subject to hydrolysis) is 1. The van der Waals surface area contributed by atoms with E-state index < -0.39 is 50.4 Å². The van der Waals surface area contributed by atoms with Crippen LogP contribution in [0, 0.1) is 5.92 Å². The molecule has 6 aromatic rings. The van der Waals surface area contributed by atoms with Crippen molar-refractivity contribution in [2.45, 2.75) is 110 Å². The fourth-order valence-electron chi connectivity index (χ4n) is 6.97. The Hall–Kier alpha value is -5.87. The third kappa shape index (κ3) is 17.9. The van der Waals surface area contributed by atoms with Crippen LogP contribution >= 0.6 is 30.3 Å². The van der Waals surface area contributed by atoms with E-state index in [0.29, 0.717) is 43.0 Å². The van der Waals surface area contributed by atoms with Gasteiger partial charge in [0.15, 0.2) is 11.5 Å². The molecule has 6 rings (SSSR count). The SMILES string of the molecule is CC(C)c1nc(CN(C)C(=O)N[C@H](C(=O)N[C@@H](Cc2ccccc2)C[C@H](O)[C@H](Cc2ccccc2)NC(=O)OCc2cncs2)C(C)C)cs1.C[C@H](Cn1cnc2c(N)ncnc21)OCP(=O)(O)O. The van der Waals surface area contributed by atoms with Crippen molar-refractivity contribution in [3.63, 3.8) is 0 Å². The molecular weight excluding hydrogens is 946 g/mol. The molecule has 69 heavy (non-hydrogen) atoms. The first-order valence-electron chi connectivity index (χ1n) is 22.2. The molecule has 4 amide bonds. The molecule has 0 saturated heterocycles. The molecule has 4 aromatic heterocycles. The third-order valence-electron chi connectivity index (χ3n) is 10.5. The fraction of sp³-hybridized carbons (Fsp3) is 0.435. The summed E-state index contributed by atoms with van der Waals surface area (Å²) in [5.74, 6) is 0.00799. The van der Waals surface area contributed by atoms with Crippen molar-refractivity contribution >= 4 is 65.3 Å². The highest BCUT2D eigenvalue weighted by atomic mass is 32.1. The molecule has 372 valence electrons. The van der Waals surface area contributed by atoms with Gasteiger partial charge in [-0.2, -0.15) is 0 Å². The van der Waals surface area contributed by atoms with Crippen LogP contribution in [0.1, 0.15) is 73.7 Å². The Bertz CT molecular complexity index is 2560. The van der Waals surface area contributed by atoms with Crippen LogP contribution < -0.4 is 21.7 Å². The first kappa shape index (κ1) is 54.1. The third-order valence-corrected chi connectivity index (χ3v) is 13.0. The monoisotopic (exact) mass is 1010 g/mol. The smallest absolute Gasteiger partial charge is 0.407 e. The van der Waals surface area contributed by atoms with Crippen molar-refractivity contribution in [2.75, 3.05) is 19.1 Å². The molecule has 2 aromatic carbocycles. The van der Waals surface area contributed by atoms with Gasteiger partial charge in [-0.25, -0.2) is 29.5 Å². The van der Waals surface area contributed by atoms with E-state index in [9.17, 15) is 24.1 Å². The van der Waals surface area contributed by atoms with Gasteiger partial charge in [-0.05, 0) is 43.2 Å². The molecule has 4 heterocycles. The van der Waals surface area contributed by atoms with Gasteiger partial charge in [0, 0.05) is 30.6 Å². The minimum absolute atomic E-state index is 0.0671. The number of imidazole rings is 1. The maximum absolute atomic E-state index is 13.9. The molecule has 0 aliphatic heterocycles. The number of nitrogens with zero attached hydrogens (tertiary/aromatic N) is 7. The van der Waals surface area contributed by atoms with Gasteiger partial charge in [-0.3, -0.25) is 14.3 Å². The summed E-state index contributed by atoms with van der Waals surface area (Å²) >= 11 is 2.95. The second-order valence-corrected chi connectivity index (χ2v) is 20.6. The van der Waals surface area contributed by atoms with Gasteiger partial charge in [0.2, 0.25) is 5.91 Å². The van der Waals surface area contributed by atoms with Crippen molar-refractivity contribution in [3.05, 3.63) is 117 Å². The predicted molar refractivity (Wildman–Crippen MR) is 264 cm³/mol. The number of hydrogen-bond donors (Lipinski definition) is 7. The van der Waals surface area contributed by atoms with Crippen molar-refractivity contribution in [1.29, 1.82) is 0 Å². The number of thiazole rings is 2. The van der Waals surface area contributed by atoms with Crippen LogP contribution in [0.15, 0.2) is 90.4 Å². The number of carbonyl (C=O) groups excluding carboxylic acids is 3. The van der Waals surface area contributed by atoms with Gasteiger partial charge in [0.1, 0.15) is 30.8 Å². The number of aliphatic hydroxyl groups is 1. The topological polar surface area (TPSA) is 282 Å². The average Bonchev–Trinajstić information content (AvgIpc) is 4.10. The van der Waals surface area contributed by atoms with Gasteiger partial charge in [-0.15, -0.1) is 22.7 Å². The normalized spacial score (nSPS) is 13.7. The molecule has 20 nitrogen and oxygen atoms in total. The Kier molecular flexibility index (Phi) is 20.5. The van der Waals surface area contributed by atoms with Crippen molar-refractivity contribution in [2.24, 2.45) is 5.92 Å². The summed E-state index contributed by atoms with van der Waals surface area (Å²) in [5.41, 5.74) is 11.1. The van der Waals surface area contributed by atoms with Crippen LogP contribution in [0.25, 0.3) is 11.2 Å². The molecule has 23 heteroatoms. The number of fused-ring (bicyclic) bond motifs is 1. The Balaban J connectivity index is 0.000000388. The summed E-state index contributed by atoms with van der Waals surface area (Å²) in [6.45, 7) is 10.3. The van der Waals surface area contributed by atoms with Crippen LogP contribution in [-0.2, 0) is 51.4 Å². The number of benzene rings is 2. The van der Waals surface area contributed by atoms with Crippen LogP contribution in [0.2, 0.25) is 0 Å². The number of aliphatic hydroxyl groups excluding tert-OH is 1. The van der Waals surface area contributed by atoms with E-state index >= 15 is 0 Å². The van der Waals surface area contributed by atoms with E-state index in [4.69, 9.17) is 25.0 Å². The first-order chi connectivity index (χ1) is 32.8. The van der Waals surface area contributed by atoms with Gasteiger partial charge in [-0.1, -0.05) is 88.4 Å². The highest BCUT2D eigenvalue weighted by Gasteiger charge is 2.31. The summed E-state index contributed by atoms with van der Waals surface area (Å²) < 4.78 is 22.9. The molecular formula is C46H62N11O9PS2. The Labute approximate surface area is 409 Å². The quantitative estimate of drug-likeness (QED) is 0.0393. The highest BCUT2D eigenvalue weighted by Crippen LogP contribution is 2.34. The number of nitrogens with two attached hydrogens (primary N) is 1. The highest BCUT2D eigenvalue weighted by molar-refractivity contribution is 7.51. The minimum Gasteiger partial charge on any atom is -0.444 e. The Morgan fingerprint density at radius 2 is 1.59 bits per heavy atom. The molecule has 0 aliphatic rings. The number of urea groups is 1. The molecule has 5 atom stereocenters. The zero-order chi connectivity index (χ0) is 50.1. The van der Waals surface area contributed by atoms with Crippen molar-refractivity contribution in [1.82, 2.24) is 50.3 Å². The second-order valence-electron chi connectivity index (χ2n) is 17.1. The Morgan fingerprint density at radius 3 is 2.20 bits per heavy atom. The summed E-state index contributed by atoms with van der Waals surface area (Å²) in [4.78, 5) is 80.4. The van der Waals surface area contributed by atoms with Crippen LogP contribution in [0.4, 0.5) is 15.4 Å². The van der Waals surface area contributed by atoms with Crippen LogP contribution in [0.3, 0.4) is 0 Å². The number of ether oxygens (including phenoxy) is 2. The molecule has 0 fully saturated rings. The van der Waals surface area contributed by atoms with E-state index in [-0.39, 0.29) is 36.7 Å². The summed E-state index contributed by atoms with van der Waals surface area (Å²) in [6, 6.07) is 16.8. The number of amides is 4. The van der Waals surface area contributed by atoms with E-state index in [1.165, 1.54) is 28.9 Å². The molecule has 8 N–H and O–H groups in total. The standard InChI is InChI=1S/C37H48N6O5S2.C9H14N5O4P/c1-24(2)33(42-36(46)43(5)20-29-22-49-35(40-29)25(3)4)34(45)39-28(16-26-12-8-6-9-13-26)18-32(44)31(17-27-14-10-7-11-15-27)41-37(47)48-21-30-19-38-23-50-30;1-6(18-5-19(15,16)17)2-14-4-13-7-8(10)11-3-12-9(7)14/h6-15,19,22-25,28,31-33,44H,16-18,20-21H2,1-5H3,(H,39,45)(H,41,47)(H,42,46);3-4,6H,2,5H2,1H3,(H2,10,11,12)(H2,15,16,17)/t28-,31-,32-,33-;6-/m01/s1. The molecule has 0 bridgehead atoms. The molecule has 0 aliphatic carbocycles. The van der Waals surface area contributed by atoms with Gasteiger partial charge in [0.25, 0.3) is 0 Å². The van der Waals surface area contributed by atoms with Crippen LogP contribution in [0.5, 0.6) is 0 Å². The number of nitrogens with one attached hydrogen (secondary N) is 3. The summed E-state index contributed by atoms with van der Waals surface area (Å²) in [7, 11) is -2.48. The lowest BCUT2D eigenvalue weighted by atomic mass is 9.93. The van der Waals surface area contributed by atoms with Crippen molar-refractivity contribution < 1.29 is 43.3 Å². The second kappa shape index (κ2) is 26.2. The van der Waals surface area contributed by atoms with Gasteiger partial charge in [0.05, 0.1) is 58.8 Å². The zero-order valence-corrected chi connectivity index (χ0v) is 41.9. The maximum atomic E-state index is 13.9. The van der Waals surface area contributed by atoms with Crippen molar-refractivity contribution in [3.8, 4) is 0 Å². The van der Waals surface area contributed by atoms with Gasteiger partial charge >= 0.3 is 19.7 Å². The van der Waals surface area contributed by atoms with E-state index in [2.05, 4.69) is 54.7 Å². The first-order valence-corrected chi connectivity index (χ1v) is 25.8. The largest absolute Gasteiger partial charge is 0.444 e. The number of aromatic nitrogens is 6. The Morgan fingerprint density at radius 1 is 0.913 bits per heavy atom. The number of nitrogen functional groups attached to an aromatic ring is 1. The van der Waals surface area contributed by atoms with E-state index in [1.54, 1.807) is 41.6 Å². The predicted octanol–water partition coefficient (Wildman–Crippen LogP) is 5.85.